The van der Waals surface area contributed by atoms with Crippen molar-refractivity contribution in [3.8, 4) is 0 Å². The summed E-state index contributed by atoms with van der Waals surface area (Å²) in [5, 5.41) is 9.60. The minimum Gasteiger partial charge on any atom is -0.361 e. The summed E-state index contributed by atoms with van der Waals surface area (Å²) in [4.78, 5) is 11.5. The maximum Gasteiger partial charge on any atom is 0.273 e. The minimum atomic E-state index is -0.198. The van der Waals surface area contributed by atoms with Gasteiger partial charge in [0.05, 0.1) is 0 Å². The van der Waals surface area contributed by atoms with Crippen LogP contribution in [-0.4, -0.2) is 30.2 Å². The zero-order chi connectivity index (χ0) is 11.3. The van der Waals surface area contributed by atoms with Crippen LogP contribution < -0.4 is 10.6 Å². The van der Waals surface area contributed by atoms with Crippen molar-refractivity contribution in [1.82, 2.24) is 15.8 Å². The van der Waals surface area contributed by atoms with Crippen molar-refractivity contribution >= 4 is 5.91 Å². The summed E-state index contributed by atoms with van der Waals surface area (Å²) in [7, 11) is 0. The van der Waals surface area contributed by atoms with Gasteiger partial charge in [-0.2, -0.15) is 0 Å². The monoisotopic (exact) mass is 211 g/mol. The van der Waals surface area contributed by atoms with E-state index in [4.69, 9.17) is 4.52 Å². The Morgan fingerprint density at radius 2 is 2.40 bits per heavy atom. The Kier molecular flexibility index (Phi) is 4.30. The first-order valence-corrected chi connectivity index (χ1v) is 5.08. The van der Waals surface area contributed by atoms with Crippen LogP contribution >= 0.6 is 0 Å². The lowest BCUT2D eigenvalue weighted by Gasteiger charge is -2.12. The van der Waals surface area contributed by atoms with E-state index < -0.39 is 0 Å². The van der Waals surface area contributed by atoms with Gasteiger partial charge < -0.3 is 15.2 Å². The number of hydrogen-bond donors (Lipinski definition) is 2. The van der Waals surface area contributed by atoms with E-state index in [0.29, 0.717) is 18.0 Å². The van der Waals surface area contributed by atoms with Crippen LogP contribution in [0, 0.1) is 6.92 Å². The molecule has 0 aromatic carbocycles. The molecule has 1 heterocycles. The third-order valence-corrected chi connectivity index (χ3v) is 1.98. The molecule has 84 valence electrons. The largest absolute Gasteiger partial charge is 0.361 e. The lowest BCUT2D eigenvalue weighted by Crippen LogP contribution is -2.38. The van der Waals surface area contributed by atoms with Gasteiger partial charge >= 0.3 is 0 Å². The molecule has 0 aliphatic heterocycles. The third-order valence-electron chi connectivity index (χ3n) is 1.98. The average molecular weight is 211 g/mol. The fraction of sp³-hybridized carbons (Fsp3) is 0.600. The molecule has 1 aromatic rings. The van der Waals surface area contributed by atoms with Crippen molar-refractivity contribution in [1.29, 1.82) is 0 Å². The van der Waals surface area contributed by atoms with E-state index in [0.717, 1.165) is 6.54 Å². The molecule has 1 aromatic heterocycles. The van der Waals surface area contributed by atoms with E-state index in [1.165, 1.54) is 0 Å². The zero-order valence-electron chi connectivity index (χ0n) is 9.33. The highest BCUT2D eigenvalue weighted by Gasteiger charge is 2.11. The predicted molar refractivity (Wildman–Crippen MR) is 56.7 cm³/mol. The van der Waals surface area contributed by atoms with Crippen molar-refractivity contribution in [3.63, 3.8) is 0 Å². The first-order chi connectivity index (χ1) is 7.13. The van der Waals surface area contributed by atoms with Crippen molar-refractivity contribution in [2.24, 2.45) is 0 Å². The van der Waals surface area contributed by atoms with Crippen LogP contribution in [0.15, 0.2) is 10.6 Å². The van der Waals surface area contributed by atoms with E-state index in [1.54, 1.807) is 13.0 Å². The van der Waals surface area contributed by atoms with Gasteiger partial charge in [0.15, 0.2) is 5.69 Å². The normalized spacial score (nSPS) is 12.5. The molecule has 0 saturated carbocycles. The van der Waals surface area contributed by atoms with Crippen LogP contribution in [0.25, 0.3) is 0 Å². The van der Waals surface area contributed by atoms with Crippen molar-refractivity contribution in [2.75, 3.05) is 13.1 Å². The molecule has 0 aliphatic rings. The molecule has 1 atom stereocenters. The summed E-state index contributed by atoms with van der Waals surface area (Å²) < 4.78 is 4.81. The number of nitrogens with zero attached hydrogens (tertiary/aromatic N) is 1. The second-order valence-electron chi connectivity index (χ2n) is 3.49. The highest BCUT2D eigenvalue weighted by atomic mass is 16.5. The molecule has 2 N–H and O–H groups in total. The van der Waals surface area contributed by atoms with E-state index in [9.17, 15) is 4.79 Å². The minimum absolute atomic E-state index is 0.198. The van der Waals surface area contributed by atoms with Crippen LogP contribution in [0.5, 0.6) is 0 Å². The highest BCUT2D eigenvalue weighted by molar-refractivity contribution is 5.92. The molecule has 0 bridgehead atoms. The topological polar surface area (TPSA) is 67.2 Å². The van der Waals surface area contributed by atoms with E-state index in [1.807, 2.05) is 13.8 Å². The average Bonchev–Trinajstić information content (AvgIpc) is 2.62. The van der Waals surface area contributed by atoms with Crippen molar-refractivity contribution in [2.45, 2.75) is 26.8 Å². The second-order valence-corrected chi connectivity index (χ2v) is 3.49. The molecule has 0 saturated heterocycles. The predicted octanol–water partition coefficient (Wildman–Crippen LogP) is 0.711. The summed E-state index contributed by atoms with van der Waals surface area (Å²) in [5.41, 5.74) is 0.330. The van der Waals surface area contributed by atoms with E-state index in [2.05, 4.69) is 15.8 Å². The van der Waals surface area contributed by atoms with Crippen molar-refractivity contribution in [3.05, 3.63) is 17.5 Å². The molecule has 5 heteroatoms. The summed E-state index contributed by atoms with van der Waals surface area (Å²) in [6.07, 6.45) is 0. The molecular weight excluding hydrogens is 194 g/mol. The van der Waals surface area contributed by atoms with Gasteiger partial charge in [0.2, 0.25) is 0 Å². The molecule has 0 spiro atoms. The van der Waals surface area contributed by atoms with Gasteiger partial charge in [-0.15, -0.1) is 0 Å². The number of rotatable bonds is 5. The standard InChI is InChI=1S/C10H17N3O2/c1-4-11-7(2)6-12-10(14)9-5-8(3)15-13-9/h5,7,11H,4,6H2,1-3H3,(H,12,14)/t7-/m1/s1. The number of aromatic nitrogens is 1. The Morgan fingerprint density at radius 3 is 2.93 bits per heavy atom. The number of carbonyl (C=O) groups is 1. The lowest BCUT2D eigenvalue weighted by atomic mass is 10.3. The quantitative estimate of drug-likeness (QED) is 0.752. The maximum atomic E-state index is 11.5. The molecule has 5 nitrogen and oxygen atoms in total. The van der Waals surface area contributed by atoms with E-state index >= 15 is 0 Å². The molecule has 0 aliphatic carbocycles. The van der Waals surface area contributed by atoms with Gasteiger partial charge in [0.25, 0.3) is 5.91 Å². The van der Waals surface area contributed by atoms with Crippen LogP contribution in [0.1, 0.15) is 30.1 Å². The molecule has 1 rings (SSSR count). The van der Waals surface area contributed by atoms with Gasteiger partial charge in [0, 0.05) is 18.7 Å². The van der Waals surface area contributed by atoms with Crippen LogP contribution in [0.2, 0.25) is 0 Å². The molecular formula is C10H17N3O2. The molecule has 0 radical (unpaired) electrons. The second kappa shape index (κ2) is 5.50. The fourth-order valence-electron chi connectivity index (χ4n) is 1.23. The number of hydrogen-bond acceptors (Lipinski definition) is 4. The summed E-state index contributed by atoms with van der Waals surface area (Å²) in [6, 6.07) is 1.87. The lowest BCUT2D eigenvalue weighted by molar-refractivity contribution is 0.0941. The number of amides is 1. The molecule has 1 amide bonds. The number of nitrogens with one attached hydrogen (secondary N) is 2. The molecule has 15 heavy (non-hydrogen) atoms. The van der Waals surface area contributed by atoms with Gasteiger partial charge in [-0.25, -0.2) is 0 Å². The molecule has 0 unspecified atom stereocenters. The first-order valence-electron chi connectivity index (χ1n) is 5.08. The SMILES string of the molecule is CCN[C@H](C)CNC(=O)c1cc(C)on1. The highest BCUT2D eigenvalue weighted by Crippen LogP contribution is 2.00. The van der Waals surface area contributed by atoms with Gasteiger partial charge in [-0.3, -0.25) is 4.79 Å². The number of aryl methyl sites for hydroxylation is 1. The Balaban J connectivity index is 2.36. The first kappa shape index (κ1) is 11.7. The number of carbonyl (C=O) groups excluding carboxylic acids is 1. The maximum absolute atomic E-state index is 11.5. The Labute approximate surface area is 89.2 Å². The Bertz CT molecular complexity index is 322. The number of likely N-dealkylation sites (N-methyl/N-ethyl adjacent to an activating group) is 1. The molecule has 0 fully saturated rings. The Morgan fingerprint density at radius 1 is 1.67 bits per heavy atom. The van der Waals surface area contributed by atoms with Gasteiger partial charge in [-0.05, 0) is 20.4 Å². The van der Waals surface area contributed by atoms with Crippen LogP contribution in [0.4, 0.5) is 0 Å². The fourth-order valence-corrected chi connectivity index (χ4v) is 1.23. The van der Waals surface area contributed by atoms with Gasteiger partial charge in [-0.1, -0.05) is 12.1 Å². The van der Waals surface area contributed by atoms with Crippen LogP contribution in [-0.2, 0) is 0 Å². The summed E-state index contributed by atoms with van der Waals surface area (Å²) in [6.45, 7) is 7.26. The summed E-state index contributed by atoms with van der Waals surface area (Å²) in [5.74, 6) is 0.441. The zero-order valence-corrected chi connectivity index (χ0v) is 9.33. The smallest absolute Gasteiger partial charge is 0.273 e. The van der Waals surface area contributed by atoms with E-state index in [-0.39, 0.29) is 11.9 Å². The van der Waals surface area contributed by atoms with Gasteiger partial charge in [0.1, 0.15) is 5.76 Å². The Hall–Kier alpha value is -1.36. The summed E-state index contributed by atoms with van der Waals surface area (Å²) >= 11 is 0. The van der Waals surface area contributed by atoms with Crippen molar-refractivity contribution < 1.29 is 9.32 Å². The van der Waals surface area contributed by atoms with Crippen LogP contribution in [0.3, 0.4) is 0 Å². The third kappa shape index (κ3) is 3.71.